The molecule has 1 fully saturated rings. The molecule has 40 heavy (non-hydrogen) atoms. The molecule has 2 heterocycles. The van der Waals surface area contributed by atoms with Crippen LogP contribution in [0.25, 0.3) is 10.1 Å². The molecule has 5 nitrogen and oxygen atoms in total. The lowest BCUT2D eigenvalue weighted by Gasteiger charge is -2.33. The van der Waals surface area contributed by atoms with Gasteiger partial charge in [0.2, 0.25) is 0 Å². The predicted octanol–water partition coefficient (Wildman–Crippen LogP) is 6.32. The number of likely N-dealkylation sites (tertiary alicyclic amines) is 1. The summed E-state index contributed by atoms with van der Waals surface area (Å²) in [7, 11) is 0.472. The molecular formula is C28H31F5N3O2PS. The fraction of sp³-hybridized carbons (Fsp3) is 0.429. The van der Waals surface area contributed by atoms with Crippen LogP contribution in [0.15, 0.2) is 30.3 Å². The Morgan fingerprint density at radius 1 is 1.25 bits per heavy atom. The number of rotatable bonds is 7. The standard InChI is InChI=1S/C28H31F5N3O2PS/c1-36-12-10-22(21(30)16-36)35-23-8-5-7-18-19(15-28(31,32)33)25(40-27(18)23)9-6-11-34-26-20(29)13-17(39(3,4)37)14-24(26)38-2/h5,7-8,13-14,21-22,34-35H,10-12,15-16H2,1-4H3/t21-,22+/m0/s1. The highest BCUT2D eigenvalue weighted by molar-refractivity contribution is 7.70. The van der Waals surface area contributed by atoms with Crippen molar-refractivity contribution >= 4 is 45.2 Å². The Kier molecular flexibility index (Phi) is 9.03. The van der Waals surface area contributed by atoms with Gasteiger partial charge in [-0.15, -0.1) is 11.3 Å². The lowest BCUT2D eigenvalue weighted by atomic mass is 10.0. The van der Waals surface area contributed by atoms with Crippen LogP contribution in [0.2, 0.25) is 0 Å². The van der Waals surface area contributed by atoms with Gasteiger partial charge < -0.3 is 24.8 Å². The van der Waals surface area contributed by atoms with Gasteiger partial charge in [-0.05, 0) is 55.9 Å². The van der Waals surface area contributed by atoms with Gasteiger partial charge in [0.25, 0.3) is 0 Å². The van der Waals surface area contributed by atoms with Crippen LogP contribution in [0.3, 0.4) is 0 Å². The van der Waals surface area contributed by atoms with Crippen LogP contribution < -0.4 is 20.7 Å². The van der Waals surface area contributed by atoms with Gasteiger partial charge in [0.15, 0.2) is 5.82 Å². The maximum Gasteiger partial charge on any atom is 0.393 e. The Bertz CT molecular complexity index is 1490. The molecule has 2 atom stereocenters. The molecule has 2 N–H and O–H groups in total. The van der Waals surface area contributed by atoms with Gasteiger partial charge >= 0.3 is 6.18 Å². The van der Waals surface area contributed by atoms with Crippen molar-refractivity contribution < 1.29 is 31.3 Å². The Balaban J connectivity index is 1.63. The van der Waals surface area contributed by atoms with Gasteiger partial charge in [-0.25, -0.2) is 8.78 Å². The maximum absolute atomic E-state index is 14.8. The highest BCUT2D eigenvalue weighted by atomic mass is 32.1. The first kappa shape index (κ1) is 30.2. The Labute approximate surface area is 234 Å². The largest absolute Gasteiger partial charge is 0.494 e. The number of fused-ring (bicyclic) bond motifs is 1. The molecule has 4 rings (SSSR count). The third-order valence-electron chi connectivity index (χ3n) is 6.72. The monoisotopic (exact) mass is 599 g/mol. The Morgan fingerprint density at radius 3 is 2.65 bits per heavy atom. The lowest BCUT2D eigenvalue weighted by molar-refractivity contribution is -0.126. The van der Waals surface area contributed by atoms with E-state index in [1.807, 2.05) is 11.9 Å². The minimum atomic E-state index is -4.46. The Morgan fingerprint density at radius 2 is 2.00 bits per heavy atom. The van der Waals surface area contributed by atoms with Gasteiger partial charge in [0.1, 0.15) is 24.8 Å². The van der Waals surface area contributed by atoms with E-state index in [2.05, 4.69) is 22.5 Å². The molecule has 1 saturated heterocycles. The van der Waals surface area contributed by atoms with Crippen molar-refractivity contribution in [1.29, 1.82) is 0 Å². The van der Waals surface area contributed by atoms with Gasteiger partial charge in [0.05, 0.1) is 41.4 Å². The number of hydrogen-bond acceptors (Lipinski definition) is 6. The van der Waals surface area contributed by atoms with Gasteiger partial charge in [-0.1, -0.05) is 24.0 Å². The van der Waals surface area contributed by atoms with E-state index in [4.69, 9.17) is 4.74 Å². The first-order valence-electron chi connectivity index (χ1n) is 12.6. The van der Waals surface area contributed by atoms with Crippen LogP contribution in [0.1, 0.15) is 16.9 Å². The third kappa shape index (κ3) is 7.09. The third-order valence-corrected chi connectivity index (χ3v) is 9.42. The van der Waals surface area contributed by atoms with Crippen molar-refractivity contribution in [1.82, 2.24) is 4.90 Å². The summed E-state index contributed by atoms with van der Waals surface area (Å²) in [6.45, 7) is 3.96. The number of methoxy groups -OCH3 is 1. The van der Waals surface area contributed by atoms with Crippen molar-refractivity contribution in [2.75, 3.05) is 57.8 Å². The Hall–Kier alpha value is -2.80. The van der Waals surface area contributed by atoms with Crippen LogP contribution in [-0.4, -0.2) is 70.4 Å². The van der Waals surface area contributed by atoms with Crippen molar-refractivity contribution in [3.05, 3.63) is 46.6 Å². The number of piperidine rings is 1. The number of halogens is 5. The zero-order valence-electron chi connectivity index (χ0n) is 22.6. The van der Waals surface area contributed by atoms with E-state index in [1.54, 1.807) is 18.2 Å². The molecule has 0 saturated carbocycles. The quantitative estimate of drug-likeness (QED) is 0.189. The van der Waals surface area contributed by atoms with E-state index in [1.165, 1.54) is 32.6 Å². The molecule has 1 aliphatic rings. The highest BCUT2D eigenvalue weighted by Crippen LogP contribution is 2.40. The van der Waals surface area contributed by atoms with E-state index in [9.17, 15) is 26.5 Å². The molecule has 2 aromatic carbocycles. The van der Waals surface area contributed by atoms with E-state index in [-0.39, 0.29) is 35.0 Å². The smallest absolute Gasteiger partial charge is 0.393 e. The van der Waals surface area contributed by atoms with Crippen LogP contribution in [0.4, 0.5) is 33.3 Å². The number of anilines is 2. The molecule has 12 heteroatoms. The summed E-state index contributed by atoms with van der Waals surface area (Å²) in [4.78, 5) is 2.14. The molecule has 0 amide bonds. The zero-order valence-corrected chi connectivity index (χ0v) is 24.3. The summed E-state index contributed by atoms with van der Waals surface area (Å²) in [6, 6.07) is 7.23. The SMILES string of the molecule is COc1cc(P(C)(C)=O)cc(F)c1NCC#Cc1sc2c(N[C@@H]3CCN(C)C[C@@H]3F)cccc2c1CC(F)(F)F. The summed E-state index contributed by atoms with van der Waals surface area (Å²) in [5.74, 6) is 5.09. The van der Waals surface area contributed by atoms with E-state index in [0.29, 0.717) is 34.0 Å². The average molecular weight is 600 g/mol. The summed E-state index contributed by atoms with van der Waals surface area (Å²) in [5.41, 5.74) is 0.648. The van der Waals surface area contributed by atoms with E-state index < -0.39 is 37.8 Å². The van der Waals surface area contributed by atoms with Crippen molar-refractivity contribution in [3.63, 3.8) is 0 Å². The summed E-state index contributed by atoms with van der Waals surface area (Å²) < 4.78 is 88.3. The number of ether oxygens (including phenoxy) is 1. The molecule has 1 aliphatic heterocycles. The first-order chi connectivity index (χ1) is 18.8. The van der Waals surface area contributed by atoms with Crippen LogP contribution in [-0.2, 0) is 11.0 Å². The second kappa shape index (κ2) is 12.0. The summed E-state index contributed by atoms with van der Waals surface area (Å²) in [5, 5.41) is 6.77. The van der Waals surface area contributed by atoms with E-state index >= 15 is 0 Å². The van der Waals surface area contributed by atoms with Gasteiger partial charge in [-0.2, -0.15) is 13.2 Å². The normalized spacial score (nSPS) is 18.3. The fourth-order valence-electron chi connectivity index (χ4n) is 4.65. The second-order valence-corrected chi connectivity index (χ2v) is 14.5. The number of nitrogens with one attached hydrogen (secondary N) is 2. The molecule has 216 valence electrons. The van der Waals surface area contributed by atoms with Crippen LogP contribution in [0.5, 0.6) is 5.75 Å². The molecular weight excluding hydrogens is 568 g/mol. The second-order valence-electron chi connectivity index (χ2n) is 10.2. The predicted molar refractivity (Wildman–Crippen MR) is 153 cm³/mol. The molecule has 3 aromatic rings. The maximum atomic E-state index is 14.8. The lowest BCUT2D eigenvalue weighted by Crippen LogP contribution is -2.46. The minimum Gasteiger partial charge on any atom is -0.494 e. The van der Waals surface area contributed by atoms with Crippen LogP contribution >= 0.6 is 18.5 Å². The minimum absolute atomic E-state index is 0.0197. The average Bonchev–Trinajstić information content (AvgIpc) is 3.20. The number of alkyl halides is 4. The topological polar surface area (TPSA) is 53.6 Å². The molecule has 0 unspecified atom stereocenters. The summed E-state index contributed by atoms with van der Waals surface area (Å²) in [6.07, 6.45) is -6.16. The number of benzene rings is 2. The molecule has 0 radical (unpaired) electrons. The van der Waals surface area contributed by atoms with Crippen molar-refractivity contribution in [2.45, 2.75) is 31.2 Å². The zero-order chi connectivity index (χ0) is 29.2. The molecule has 0 spiro atoms. The molecule has 0 bridgehead atoms. The number of nitrogens with zero attached hydrogens (tertiary/aromatic N) is 1. The van der Waals surface area contributed by atoms with Crippen LogP contribution in [0, 0.1) is 17.7 Å². The number of hydrogen-bond donors (Lipinski definition) is 2. The van der Waals surface area contributed by atoms with Crippen molar-refractivity contribution in [2.24, 2.45) is 0 Å². The number of thiophene rings is 1. The fourth-order valence-corrected chi connectivity index (χ4v) is 6.67. The van der Waals surface area contributed by atoms with Crippen molar-refractivity contribution in [3.8, 4) is 17.6 Å². The first-order valence-corrected chi connectivity index (χ1v) is 16.0. The van der Waals surface area contributed by atoms with Gasteiger partial charge in [-0.3, -0.25) is 0 Å². The highest BCUT2D eigenvalue weighted by Gasteiger charge is 2.32. The molecule has 1 aromatic heterocycles. The van der Waals surface area contributed by atoms with Gasteiger partial charge in [0, 0.05) is 18.4 Å². The summed E-state index contributed by atoms with van der Waals surface area (Å²) >= 11 is 1.12. The van der Waals surface area contributed by atoms with E-state index in [0.717, 1.165) is 11.3 Å². The molecule has 0 aliphatic carbocycles.